The maximum atomic E-state index is 10.7. The predicted octanol–water partition coefficient (Wildman–Crippen LogP) is -1.17. The molecule has 0 aliphatic carbocycles. The van der Waals surface area contributed by atoms with Gasteiger partial charge in [-0.25, -0.2) is 0 Å². The molecule has 4 nitrogen and oxygen atoms in total. The highest BCUT2D eigenvalue weighted by molar-refractivity contribution is 5.76. The minimum Gasteiger partial charge on any atom is -0.393 e. The van der Waals surface area contributed by atoms with Crippen molar-refractivity contribution in [2.75, 3.05) is 13.1 Å². The topological polar surface area (TPSA) is 75.3 Å². The molecule has 1 unspecified atom stereocenters. The number of rotatable bonds is 4. The van der Waals surface area contributed by atoms with Crippen LogP contribution in [0.3, 0.4) is 0 Å². The van der Waals surface area contributed by atoms with Crippen LogP contribution in [0.2, 0.25) is 0 Å². The molecule has 4 N–H and O–H groups in total. The number of aliphatic hydroxyl groups is 1. The molecule has 0 saturated heterocycles. The number of nitrogens with one attached hydrogen (secondary N) is 1. The summed E-state index contributed by atoms with van der Waals surface area (Å²) in [6.07, 6.45) is -0.419. The van der Waals surface area contributed by atoms with E-state index in [-0.39, 0.29) is 12.3 Å². The van der Waals surface area contributed by atoms with Crippen molar-refractivity contribution >= 4 is 5.91 Å². The molecule has 0 radical (unpaired) electrons. The van der Waals surface area contributed by atoms with E-state index in [1.807, 2.05) is 0 Å². The van der Waals surface area contributed by atoms with Gasteiger partial charge in [0.05, 0.1) is 12.5 Å². The van der Waals surface area contributed by atoms with E-state index in [0.29, 0.717) is 13.1 Å². The lowest BCUT2D eigenvalue weighted by molar-refractivity contribution is -0.122. The van der Waals surface area contributed by atoms with Gasteiger partial charge in [0, 0.05) is 13.1 Å². The molecule has 0 spiro atoms. The monoisotopic (exact) mass is 146 g/mol. The van der Waals surface area contributed by atoms with Gasteiger partial charge in [0.1, 0.15) is 0 Å². The summed E-state index contributed by atoms with van der Waals surface area (Å²) in [5, 5.41) is 11.3. The quantitative estimate of drug-likeness (QED) is 0.468. The van der Waals surface area contributed by atoms with Gasteiger partial charge >= 0.3 is 0 Å². The third-order valence-electron chi connectivity index (χ3n) is 0.947. The van der Waals surface area contributed by atoms with Crippen LogP contribution in [-0.4, -0.2) is 30.2 Å². The number of nitrogens with two attached hydrogens (primary N) is 1. The standard InChI is InChI=1S/C6H14N2O2/c1-5(9)4-6(10)8-3-2-7/h5,9H,2-4,7H2,1H3,(H,8,10). The third-order valence-corrected chi connectivity index (χ3v) is 0.947. The highest BCUT2D eigenvalue weighted by atomic mass is 16.3. The van der Waals surface area contributed by atoms with Crippen LogP contribution in [0.25, 0.3) is 0 Å². The van der Waals surface area contributed by atoms with Gasteiger partial charge in [0.15, 0.2) is 0 Å². The summed E-state index contributed by atoms with van der Waals surface area (Å²) >= 11 is 0. The highest BCUT2D eigenvalue weighted by Gasteiger charge is 2.03. The molecule has 0 fully saturated rings. The first-order valence-electron chi connectivity index (χ1n) is 3.31. The average Bonchev–Trinajstić information content (AvgIpc) is 1.82. The van der Waals surface area contributed by atoms with Gasteiger partial charge in [-0.3, -0.25) is 4.79 Å². The molecule has 0 aromatic heterocycles. The van der Waals surface area contributed by atoms with Gasteiger partial charge < -0.3 is 16.2 Å². The van der Waals surface area contributed by atoms with Gasteiger partial charge in [-0.1, -0.05) is 0 Å². The van der Waals surface area contributed by atoms with Gasteiger partial charge in [-0.15, -0.1) is 0 Å². The van der Waals surface area contributed by atoms with E-state index in [9.17, 15) is 4.79 Å². The Morgan fingerprint density at radius 2 is 2.40 bits per heavy atom. The zero-order valence-corrected chi connectivity index (χ0v) is 6.13. The fourth-order valence-electron chi connectivity index (χ4n) is 0.552. The lowest BCUT2D eigenvalue weighted by Gasteiger charge is -2.04. The van der Waals surface area contributed by atoms with Crippen LogP contribution >= 0.6 is 0 Å². The zero-order valence-electron chi connectivity index (χ0n) is 6.13. The molecule has 0 aromatic rings. The van der Waals surface area contributed by atoms with Gasteiger partial charge in [-0.2, -0.15) is 0 Å². The summed E-state index contributed by atoms with van der Waals surface area (Å²) in [6, 6.07) is 0. The van der Waals surface area contributed by atoms with Crippen molar-refractivity contribution in [3.05, 3.63) is 0 Å². The second kappa shape index (κ2) is 5.20. The number of aliphatic hydroxyl groups excluding tert-OH is 1. The normalized spacial score (nSPS) is 12.7. The van der Waals surface area contributed by atoms with E-state index >= 15 is 0 Å². The van der Waals surface area contributed by atoms with Crippen molar-refractivity contribution in [2.45, 2.75) is 19.4 Å². The van der Waals surface area contributed by atoms with Crippen molar-refractivity contribution in [1.29, 1.82) is 0 Å². The first-order chi connectivity index (χ1) is 4.66. The van der Waals surface area contributed by atoms with Crippen LogP contribution in [0.4, 0.5) is 0 Å². The second-order valence-electron chi connectivity index (χ2n) is 2.19. The van der Waals surface area contributed by atoms with Crippen molar-refractivity contribution in [3.8, 4) is 0 Å². The molecule has 0 rings (SSSR count). The van der Waals surface area contributed by atoms with Crippen LogP contribution in [0.1, 0.15) is 13.3 Å². The van der Waals surface area contributed by atoms with Gasteiger partial charge in [0.25, 0.3) is 0 Å². The Kier molecular flexibility index (Phi) is 4.88. The summed E-state index contributed by atoms with van der Waals surface area (Å²) in [5.41, 5.74) is 5.13. The Morgan fingerprint density at radius 1 is 1.80 bits per heavy atom. The Balaban J connectivity index is 3.26. The van der Waals surface area contributed by atoms with Crippen molar-refractivity contribution in [1.82, 2.24) is 5.32 Å². The molecule has 0 bridgehead atoms. The van der Waals surface area contributed by atoms with E-state index in [1.54, 1.807) is 6.92 Å². The molecule has 0 saturated carbocycles. The molecule has 1 atom stereocenters. The fourth-order valence-corrected chi connectivity index (χ4v) is 0.552. The molecule has 1 amide bonds. The number of carbonyl (C=O) groups excluding carboxylic acids is 1. The lowest BCUT2D eigenvalue weighted by atomic mass is 10.3. The molecule has 0 heterocycles. The van der Waals surface area contributed by atoms with E-state index in [1.165, 1.54) is 0 Å². The largest absolute Gasteiger partial charge is 0.393 e. The maximum absolute atomic E-state index is 10.7. The predicted molar refractivity (Wildman–Crippen MR) is 38.4 cm³/mol. The molecule has 4 heteroatoms. The molecule has 10 heavy (non-hydrogen) atoms. The van der Waals surface area contributed by atoms with E-state index in [4.69, 9.17) is 10.8 Å². The summed E-state index contributed by atoms with van der Waals surface area (Å²) in [7, 11) is 0. The van der Waals surface area contributed by atoms with E-state index in [0.717, 1.165) is 0 Å². The number of carbonyl (C=O) groups is 1. The number of hydrogen-bond donors (Lipinski definition) is 3. The Hall–Kier alpha value is -0.610. The zero-order chi connectivity index (χ0) is 7.98. The maximum Gasteiger partial charge on any atom is 0.222 e. The van der Waals surface area contributed by atoms with Gasteiger partial charge in [0.2, 0.25) is 5.91 Å². The van der Waals surface area contributed by atoms with E-state index in [2.05, 4.69) is 5.32 Å². The first kappa shape index (κ1) is 9.39. The molecular weight excluding hydrogens is 132 g/mol. The molecular formula is C6H14N2O2. The van der Waals surface area contributed by atoms with Gasteiger partial charge in [-0.05, 0) is 6.92 Å². The van der Waals surface area contributed by atoms with E-state index < -0.39 is 6.10 Å². The van der Waals surface area contributed by atoms with Crippen molar-refractivity contribution in [2.24, 2.45) is 5.73 Å². The van der Waals surface area contributed by atoms with Crippen LogP contribution in [0.15, 0.2) is 0 Å². The lowest BCUT2D eigenvalue weighted by Crippen LogP contribution is -2.30. The highest BCUT2D eigenvalue weighted by Crippen LogP contribution is 1.86. The summed E-state index contributed by atoms with van der Waals surface area (Å²) in [6.45, 7) is 2.49. The van der Waals surface area contributed by atoms with Crippen LogP contribution in [-0.2, 0) is 4.79 Å². The molecule has 0 aromatic carbocycles. The average molecular weight is 146 g/mol. The smallest absolute Gasteiger partial charge is 0.222 e. The molecule has 60 valence electrons. The minimum atomic E-state index is -0.572. The Labute approximate surface area is 60.4 Å². The summed E-state index contributed by atoms with van der Waals surface area (Å²) < 4.78 is 0. The number of amides is 1. The Morgan fingerprint density at radius 3 is 2.80 bits per heavy atom. The first-order valence-corrected chi connectivity index (χ1v) is 3.31. The summed E-state index contributed by atoms with van der Waals surface area (Å²) in [4.78, 5) is 10.7. The minimum absolute atomic E-state index is 0.152. The van der Waals surface area contributed by atoms with Crippen molar-refractivity contribution < 1.29 is 9.90 Å². The van der Waals surface area contributed by atoms with Crippen LogP contribution in [0.5, 0.6) is 0 Å². The summed E-state index contributed by atoms with van der Waals surface area (Å²) in [5.74, 6) is -0.152. The molecule has 0 aliphatic rings. The fraction of sp³-hybridized carbons (Fsp3) is 0.833. The Bertz CT molecular complexity index is 104. The second-order valence-corrected chi connectivity index (χ2v) is 2.19. The van der Waals surface area contributed by atoms with Crippen molar-refractivity contribution in [3.63, 3.8) is 0 Å². The number of hydrogen-bond acceptors (Lipinski definition) is 3. The SMILES string of the molecule is CC(O)CC(=O)NCCN. The van der Waals surface area contributed by atoms with Crippen LogP contribution in [0, 0.1) is 0 Å². The molecule has 0 aliphatic heterocycles. The van der Waals surface area contributed by atoms with Crippen LogP contribution < -0.4 is 11.1 Å². The third kappa shape index (κ3) is 5.53.